The molecule has 0 bridgehead atoms. The van der Waals surface area contributed by atoms with Gasteiger partial charge in [-0.2, -0.15) is 0 Å². The molecule has 1 unspecified atom stereocenters. The highest BCUT2D eigenvalue weighted by Crippen LogP contribution is 2.32. The minimum Gasteiger partial charge on any atom is -0.454 e. The molecule has 188 valence electrons. The number of anilines is 1. The van der Waals surface area contributed by atoms with Crippen LogP contribution in [0.5, 0.6) is 0 Å². The van der Waals surface area contributed by atoms with Gasteiger partial charge < -0.3 is 14.2 Å². The molecule has 3 aromatic rings. The van der Waals surface area contributed by atoms with Gasteiger partial charge in [0.2, 0.25) is 5.78 Å². The Morgan fingerprint density at radius 3 is 2.53 bits per heavy atom. The number of esters is 1. The number of rotatable bonds is 7. The summed E-state index contributed by atoms with van der Waals surface area (Å²) in [7, 11) is 0. The van der Waals surface area contributed by atoms with Crippen molar-refractivity contribution >= 4 is 39.1 Å². The van der Waals surface area contributed by atoms with Gasteiger partial charge in [0, 0.05) is 46.3 Å². The van der Waals surface area contributed by atoms with Crippen LogP contribution in [-0.4, -0.2) is 40.9 Å². The largest absolute Gasteiger partial charge is 0.454 e. The van der Waals surface area contributed by atoms with Crippen molar-refractivity contribution in [1.82, 2.24) is 4.57 Å². The van der Waals surface area contributed by atoms with Crippen LogP contribution in [0.25, 0.3) is 5.69 Å². The molecular weight excluding hydrogens is 526 g/mol. The number of hydrogen-bond donors (Lipinski definition) is 0. The van der Waals surface area contributed by atoms with E-state index in [0.29, 0.717) is 17.2 Å². The zero-order valence-electron chi connectivity index (χ0n) is 20.5. The summed E-state index contributed by atoms with van der Waals surface area (Å²) in [6, 6.07) is 13.9. The molecule has 0 spiro atoms. The van der Waals surface area contributed by atoms with E-state index in [4.69, 9.17) is 4.74 Å². The van der Waals surface area contributed by atoms with Crippen LogP contribution in [0.2, 0.25) is 0 Å². The number of benzene rings is 2. The first-order valence-electron chi connectivity index (χ1n) is 11.8. The third kappa shape index (κ3) is 5.36. The molecule has 0 saturated carbocycles. The van der Waals surface area contributed by atoms with E-state index in [1.165, 1.54) is 12.1 Å². The smallest absolute Gasteiger partial charge is 0.338 e. The number of piperidine rings is 1. The maximum absolute atomic E-state index is 12.9. The molecule has 1 aromatic heterocycles. The average Bonchev–Trinajstić information content (AvgIpc) is 3.16. The van der Waals surface area contributed by atoms with Crippen molar-refractivity contribution in [2.75, 3.05) is 24.6 Å². The molecule has 4 rings (SSSR count). The van der Waals surface area contributed by atoms with Crippen molar-refractivity contribution in [2.45, 2.75) is 33.6 Å². The highest BCUT2D eigenvalue weighted by Gasteiger charge is 2.26. The van der Waals surface area contributed by atoms with Crippen LogP contribution in [0.15, 0.2) is 53.0 Å². The van der Waals surface area contributed by atoms with Gasteiger partial charge in [-0.05, 0) is 75.1 Å². The van der Waals surface area contributed by atoms with Crippen molar-refractivity contribution in [3.05, 3.63) is 85.6 Å². The Kier molecular flexibility index (Phi) is 7.59. The number of ketones is 1. The lowest BCUT2D eigenvalue weighted by Crippen LogP contribution is -2.34. The summed E-state index contributed by atoms with van der Waals surface area (Å²) in [5.74, 6) is -0.667. The summed E-state index contributed by atoms with van der Waals surface area (Å²) in [6.07, 6.45) is 2.06. The first kappa shape index (κ1) is 25.6. The van der Waals surface area contributed by atoms with E-state index in [-0.39, 0.29) is 17.0 Å². The Hall–Kier alpha value is -3.46. The highest BCUT2D eigenvalue weighted by molar-refractivity contribution is 9.10. The molecule has 2 heterocycles. The van der Waals surface area contributed by atoms with E-state index in [9.17, 15) is 19.7 Å². The van der Waals surface area contributed by atoms with E-state index in [1.54, 1.807) is 12.1 Å². The van der Waals surface area contributed by atoms with Crippen LogP contribution in [-0.2, 0) is 4.74 Å². The first-order valence-corrected chi connectivity index (χ1v) is 12.6. The van der Waals surface area contributed by atoms with Gasteiger partial charge in [-0.3, -0.25) is 14.9 Å². The molecule has 36 heavy (non-hydrogen) atoms. The SMILES string of the molecule is Cc1cc(C(=O)COC(=O)c2ccc(N3CCCC(C)C3)c([N+](=O)[O-])c2)c(C)n1-c1ccc(Br)cc1. The molecule has 1 aliphatic rings. The second kappa shape index (κ2) is 10.7. The quantitative estimate of drug-likeness (QED) is 0.153. The molecule has 2 aromatic carbocycles. The van der Waals surface area contributed by atoms with Gasteiger partial charge in [0.1, 0.15) is 5.69 Å². The van der Waals surface area contributed by atoms with E-state index in [0.717, 1.165) is 47.5 Å². The molecule has 1 aliphatic heterocycles. The second-order valence-electron chi connectivity index (χ2n) is 9.25. The number of carbonyl (C=O) groups excluding carboxylic acids is 2. The fourth-order valence-electron chi connectivity index (χ4n) is 4.80. The zero-order valence-corrected chi connectivity index (χ0v) is 22.1. The molecule has 9 heteroatoms. The molecule has 0 N–H and O–H groups in total. The minimum atomic E-state index is -0.772. The molecule has 8 nitrogen and oxygen atoms in total. The zero-order chi connectivity index (χ0) is 26.0. The van der Waals surface area contributed by atoms with Crippen molar-refractivity contribution in [3.63, 3.8) is 0 Å². The van der Waals surface area contributed by atoms with Crippen LogP contribution in [0.1, 0.15) is 51.9 Å². The Bertz CT molecular complexity index is 1320. The molecule has 0 amide bonds. The second-order valence-corrected chi connectivity index (χ2v) is 10.2. The standard InChI is InChI=1S/C27H28BrN3O5/c1-17-5-4-12-29(15-17)24-11-6-20(14-25(24)31(34)35)27(33)36-16-26(32)23-13-18(2)30(19(23)3)22-9-7-21(28)8-10-22/h6-11,13-14,17H,4-5,12,15-16H2,1-3H3. The molecule has 1 saturated heterocycles. The van der Waals surface area contributed by atoms with Gasteiger partial charge in [0.15, 0.2) is 6.61 Å². The third-order valence-corrected chi connectivity index (χ3v) is 7.08. The van der Waals surface area contributed by atoms with Gasteiger partial charge in [0.05, 0.1) is 10.5 Å². The van der Waals surface area contributed by atoms with Crippen molar-refractivity contribution in [2.24, 2.45) is 5.92 Å². The summed E-state index contributed by atoms with van der Waals surface area (Å²) < 4.78 is 8.18. The number of hydrogen-bond acceptors (Lipinski definition) is 6. The number of nitro groups is 1. The fraction of sp³-hybridized carbons (Fsp3) is 0.333. The van der Waals surface area contributed by atoms with E-state index in [1.807, 2.05) is 47.6 Å². The molecule has 0 radical (unpaired) electrons. The normalized spacial score (nSPS) is 15.6. The number of ether oxygens (including phenoxy) is 1. The Morgan fingerprint density at radius 2 is 1.86 bits per heavy atom. The maximum atomic E-state index is 12.9. The fourth-order valence-corrected chi connectivity index (χ4v) is 5.06. The van der Waals surface area contributed by atoms with Crippen molar-refractivity contribution in [1.29, 1.82) is 0 Å². The summed E-state index contributed by atoms with van der Waals surface area (Å²) in [4.78, 5) is 38.9. The van der Waals surface area contributed by atoms with Crippen molar-refractivity contribution < 1.29 is 19.2 Å². The number of nitro benzene ring substituents is 1. The van der Waals surface area contributed by atoms with Crippen LogP contribution < -0.4 is 4.90 Å². The van der Waals surface area contributed by atoms with E-state index >= 15 is 0 Å². The molecule has 1 fully saturated rings. The predicted octanol–water partition coefficient (Wildman–Crippen LogP) is 6.04. The van der Waals surface area contributed by atoms with Gasteiger partial charge >= 0.3 is 5.97 Å². The molecular formula is C27H28BrN3O5. The van der Waals surface area contributed by atoms with Crippen LogP contribution in [0.3, 0.4) is 0 Å². The molecule has 1 atom stereocenters. The van der Waals surface area contributed by atoms with Crippen LogP contribution >= 0.6 is 15.9 Å². The maximum Gasteiger partial charge on any atom is 0.338 e. The monoisotopic (exact) mass is 553 g/mol. The number of Topliss-reactive ketones (excluding diaryl/α,β-unsaturated/α-hetero) is 1. The topological polar surface area (TPSA) is 94.7 Å². The lowest BCUT2D eigenvalue weighted by Gasteiger charge is -2.32. The van der Waals surface area contributed by atoms with Crippen molar-refractivity contribution in [3.8, 4) is 5.69 Å². The predicted molar refractivity (Wildman–Crippen MR) is 141 cm³/mol. The summed E-state index contributed by atoms with van der Waals surface area (Å²) >= 11 is 3.42. The summed E-state index contributed by atoms with van der Waals surface area (Å²) in [5, 5.41) is 11.7. The number of aromatic nitrogens is 1. The van der Waals surface area contributed by atoms with Gasteiger partial charge in [0.25, 0.3) is 5.69 Å². The Labute approximate surface area is 218 Å². The first-order chi connectivity index (χ1) is 17.2. The number of nitrogens with zero attached hydrogens (tertiary/aromatic N) is 3. The molecule has 0 aliphatic carbocycles. The van der Waals surface area contributed by atoms with Gasteiger partial charge in [-0.25, -0.2) is 4.79 Å². The van der Waals surface area contributed by atoms with Crippen LogP contribution in [0.4, 0.5) is 11.4 Å². The van der Waals surface area contributed by atoms with E-state index < -0.39 is 17.5 Å². The van der Waals surface area contributed by atoms with Gasteiger partial charge in [-0.1, -0.05) is 22.9 Å². The van der Waals surface area contributed by atoms with Gasteiger partial charge in [-0.15, -0.1) is 0 Å². The average molecular weight is 554 g/mol. The third-order valence-electron chi connectivity index (χ3n) is 6.56. The van der Waals surface area contributed by atoms with Crippen LogP contribution in [0, 0.1) is 29.9 Å². The highest BCUT2D eigenvalue weighted by atomic mass is 79.9. The number of aryl methyl sites for hydroxylation is 1. The lowest BCUT2D eigenvalue weighted by atomic mass is 9.99. The Balaban J connectivity index is 1.48. The summed E-state index contributed by atoms with van der Waals surface area (Å²) in [5.41, 5.74) is 3.41. The lowest BCUT2D eigenvalue weighted by molar-refractivity contribution is -0.384. The van der Waals surface area contributed by atoms with E-state index in [2.05, 4.69) is 22.9 Å². The minimum absolute atomic E-state index is 0.0450. The Morgan fingerprint density at radius 1 is 1.14 bits per heavy atom. The number of carbonyl (C=O) groups is 2. The number of halogens is 1. The summed E-state index contributed by atoms with van der Waals surface area (Å²) in [6.45, 7) is 6.88.